The summed E-state index contributed by atoms with van der Waals surface area (Å²) in [6, 6.07) is 5.83. The lowest BCUT2D eigenvalue weighted by molar-refractivity contribution is -0.159. The number of hydrogen-bond donors (Lipinski definition) is 1. The Hall–Kier alpha value is -2.36. The fraction of sp³-hybridized carbons (Fsp3) is 0.231. The Morgan fingerprint density at radius 3 is 2.57 bits per heavy atom. The van der Waals surface area contributed by atoms with E-state index in [0.29, 0.717) is 22.8 Å². The van der Waals surface area contributed by atoms with E-state index in [1.54, 1.807) is 0 Å². The van der Waals surface area contributed by atoms with Gasteiger partial charge >= 0.3 is 12.1 Å². The summed E-state index contributed by atoms with van der Waals surface area (Å²) in [6.45, 7) is 0.665. The summed E-state index contributed by atoms with van der Waals surface area (Å²) < 4.78 is 41.4. The number of carbonyl (C=O) groups excluding carboxylic acids is 1. The molecule has 0 unspecified atom stereocenters. The van der Waals surface area contributed by atoms with Crippen molar-refractivity contribution in [2.45, 2.75) is 6.18 Å². The number of hydrogen-bond acceptors (Lipinski definition) is 6. The molecule has 0 saturated carbocycles. The molecule has 0 atom stereocenters. The summed E-state index contributed by atoms with van der Waals surface area (Å²) in [7, 11) is 0. The molecule has 1 N–H and O–H groups in total. The van der Waals surface area contributed by atoms with Crippen LogP contribution < -0.4 is 5.32 Å². The third kappa shape index (κ3) is 3.52. The highest BCUT2D eigenvalue weighted by atomic mass is 32.2. The fourth-order valence-corrected chi connectivity index (χ4v) is 2.53. The highest BCUT2D eigenvalue weighted by Crippen LogP contribution is 2.29. The van der Waals surface area contributed by atoms with Gasteiger partial charge in [0.05, 0.1) is 6.54 Å². The molecule has 0 spiro atoms. The van der Waals surface area contributed by atoms with Crippen LogP contribution in [-0.4, -0.2) is 33.5 Å². The molecule has 120 valence electrons. The number of amides is 1. The van der Waals surface area contributed by atoms with Crippen molar-refractivity contribution in [1.29, 1.82) is 0 Å². The Kier molecular flexibility index (Phi) is 4.07. The van der Waals surface area contributed by atoms with E-state index in [4.69, 9.17) is 0 Å². The van der Waals surface area contributed by atoms with Gasteiger partial charge in [0.15, 0.2) is 5.17 Å². The topological polar surface area (TPSA) is 80.4 Å². The number of rotatable bonds is 2. The van der Waals surface area contributed by atoms with Crippen LogP contribution in [0.2, 0.25) is 0 Å². The standard InChI is InChI=1S/C13H9F3N4O2S/c14-13(15,16)11-18-9(20-22-11)7-1-3-8(4-2-7)10(21)19-12-17-5-6-23-12/h1-4H,5-6H2,(H,17,19,21). The molecule has 0 aliphatic carbocycles. The summed E-state index contributed by atoms with van der Waals surface area (Å²) in [5.74, 6) is -1.12. The van der Waals surface area contributed by atoms with Gasteiger partial charge in [0, 0.05) is 16.9 Å². The van der Waals surface area contributed by atoms with Gasteiger partial charge in [-0.25, -0.2) is 0 Å². The Morgan fingerprint density at radius 1 is 1.26 bits per heavy atom. The summed E-state index contributed by atoms with van der Waals surface area (Å²) in [5.41, 5.74) is 0.664. The van der Waals surface area contributed by atoms with Gasteiger partial charge in [-0.15, -0.1) is 0 Å². The number of aromatic nitrogens is 2. The molecule has 1 amide bonds. The molecule has 1 aromatic heterocycles. The maximum absolute atomic E-state index is 12.4. The number of carbonyl (C=O) groups is 1. The minimum atomic E-state index is -4.69. The minimum absolute atomic E-state index is 0.194. The molecule has 2 aromatic rings. The summed E-state index contributed by atoms with van der Waals surface area (Å²) in [5, 5.41) is 6.50. The molecule has 2 heterocycles. The van der Waals surface area contributed by atoms with Gasteiger partial charge in [-0.05, 0) is 12.1 Å². The van der Waals surface area contributed by atoms with Crippen LogP contribution >= 0.6 is 11.8 Å². The lowest BCUT2D eigenvalue weighted by atomic mass is 10.1. The lowest BCUT2D eigenvalue weighted by Crippen LogP contribution is -2.27. The van der Waals surface area contributed by atoms with Crippen molar-refractivity contribution in [3.8, 4) is 11.4 Å². The van der Waals surface area contributed by atoms with Crippen LogP contribution in [0.25, 0.3) is 11.4 Å². The molecule has 1 aromatic carbocycles. The van der Waals surface area contributed by atoms with E-state index in [-0.39, 0.29) is 11.7 Å². The third-order valence-electron chi connectivity index (χ3n) is 2.88. The molecule has 3 rings (SSSR count). The number of nitrogens with zero attached hydrogens (tertiary/aromatic N) is 3. The highest BCUT2D eigenvalue weighted by Gasteiger charge is 2.38. The maximum atomic E-state index is 12.4. The SMILES string of the molecule is O=C(NC1=NCCS1)c1ccc(-c2noc(C(F)(F)F)n2)cc1. The molecule has 10 heteroatoms. The largest absolute Gasteiger partial charge is 0.471 e. The predicted molar refractivity (Wildman–Crippen MR) is 77.0 cm³/mol. The van der Waals surface area contributed by atoms with Crippen LogP contribution in [0, 0.1) is 0 Å². The number of benzene rings is 1. The zero-order valence-electron chi connectivity index (χ0n) is 11.4. The molecule has 0 radical (unpaired) electrons. The lowest BCUT2D eigenvalue weighted by Gasteiger charge is -2.04. The first kappa shape index (κ1) is 15.5. The first-order chi connectivity index (χ1) is 10.9. The molecule has 6 nitrogen and oxygen atoms in total. The van der Waals surface area contributed by atoms with Crippen LogP contribution in [0.3, 0.4) is 0 Å². The van der Waals surface area contributed by atoms with Crippen molar-refractivity contribution in [1.82, 2.24) is 15.5 Å². The van der Waals surface area contributed by atoms with Crippen molar-refractivity contribution in [2.75, 3.05) is 12.3 Å². The van der Waals surface area contributed by atoms with E-state index in [1.165, 1.54) is 36.0 Å². The number of amidine groups is 1. The van der Waals surface area contributed by atoms with Crippen LogP contribution in [0.5, 0.6) is 0 Å². The zero-order chi connectivity index (χ0) is 16.4. The summed E-state index contributed by atoms with van der Waals surface area (Å²) >= 11 is 1.45. The van der Waals surface area contributed by atoms with Gasteiger partial charge in [-0.1, -0.05) is 29.1 Å². The number of aliphatic imine (C=N–C) groups is 1. The Balaban J connectivity index is 1.74. The number of halogens is 3. The van der Waals surface area contributed by atoms with Crippen LogP contribution in [0.1, 0.15) is 16.2 Å². The van der Waals surface area contributed by atoms with E-state index in [9.17, 15) is 18.0 Å². The number of alkyl halides is 3. The van der Waals surface area contributed by atoms with Crippen molar-refractivity contribution < 1.29 is 22.5 Å². The van der Waals surface area contributed by atoms with Crippen molar-refractivity contribution in [3.05, 3.63) is 35.7 Å². The van der Waals surface area contributed by atoms with Crippen LogP contribution in [0.4, 0.5) is 13.2 Å². The van der Waals surface area contributed by atoms with E-state index in [0.717, 1.165) is 5.75 Å². The van der Waals surface area contributed by atoms with E-state index in [2.05, 4.69) is 25.0 Å². The summed E-state index contributed by atoms with van der Waals surface area (Å²) in [6.07, 6.45) is -4.69. The van der Waals surface area contributed by atoms with Crippen LogP contribution in [0.15, 0.2) is 33.8 Å². The predicted octanol–water partition coefficient (Wildman–Crippen LogP) is 2.59. The van der Waals surface area contributed by atoms with Crippen molar-refractivity contribution in [2.24, 2.45) is 4.99 Å². The van der Waals surface area contributed by atoms with Crippen LogP contribution in [-0.2, 0) is 6.18 Å². The number of thioether (sulfide) groups is 1. The second-order valence-corrected chi connectivity index (χ2v) is 5.57. The molecular formula is C13H9F3N4O2S. The van der Waals surface area contributed by atoms with Gasteiger partial charge in [-0.2, -0.15) is 18.2 Å². The molecule has 1 aliphatic heterocycles. The second-order valence-electron chi connectivity index (χ2n) is 4.49. The number of nitrogens with one attached hydrogen (secondary N) is 1. The molecule has 0 saturated heterocycles. The zero-order valence-corrected chi connectivity index (χ0v) is 12.2. The normalized spacial score (nSPS) is 14.7. The van der Waals surface area contributed by atoms with Gasteiger partial charge in [0.2, 0.25) is 5.82 Å². The quantitative estimate of drug-likeness (QED) is 0.907. The monoisotopic (exact) mass is 342 g/mol. The molecule has 1 aliphatic rings. The first-order valence-corrected chi connectivity index (χ1v) is 7.42. The Bertz CT molecular complexity index is 755. The van der Waals surface area contributed by atoms with E-state index in [1.807, 2.05) is 0 Å². The van der Waals surface area contributed by atoms with Gasteiger partial charge in [-0.3, -0.25) is 9.79 Å². The molecular weight excluding hydrogens is 333 g/mol. The smallest absolute Gasteiger partial charge is 0.329 e. The summed E-state index contributed by atoms with van der Waals surface area (Å²) in [4.78, 5) is 19.4. The molecule has 0 fully saturated rings. The average molecular weight is 342 g/mol. The van der Waals surface area contributed by atoms with Crippen molar-refractivity contribution >= 4 is 22.8 Å². The van der Waals surface area contributed by atoms with Gasteiger partial charge in [0.25, 0.3) is 5.91 Å². The first-order valence-electron chi connectivity index (χ1n) is 6.43. The second kappa shape index (κ2) is 6.03. The Morgan fingerprint density at radius 2 is 2.00 bits per heavy atom. The molecule has 0 bridgehead atoms. The van der Waals surface area contributed by atoms with Gasteiger partial charge < -0.3 is 9.84 Å². The maximum Gasteiger partial charge on any atom is 0.471 e. The fourth-order valence-electron chi connectivity index (χ4n) is 1.81. The Labute approximate surface area is 132 Å². The third-order valence-corrected chi connectivity index (χ3v) is 3.77. The van der Waals surface area contributed by atoms with Gasteiger partial charge in [0.1, 0.15) is 0 Å². The molecule has 23 heavy (non-hydrogen) atoms. The highest BCUT2D eigenvalue weighted by molar-refractivity contribution is 8.14. The average Bonchev–Trinajstić information content (AvgIpc) is 3.18. The minimum Gasteiger partial charge on any atom is -0.329 e. The van der Waals surface area contributed by atoms with E-state index < -0.39 is 12.1 Å². The van der Waals surface area contributed by atoms with E-state index >= 15 is 0 Å². The van der Waals surface area contributed by atoms with Crippen molar-refractivity contribution in [3.63, 3.8) is 0 Å².